The molecule has 0 aliphatic rings. The van der Waals surface area contributed by atoms with Crippen LogP contribution in [0.5, 0.6) is 0 Å². The Morgan fingerprint density at radius 2 is 1.71 bits per heavy atom. The molecule has 1 aromatic carbocycles. The van der Waals surface area contributed by atoms with Gasteiger partial charge in [0.15, 0.2) is 0 Å². The molecule has 21 heavy (non-hydrogen) atoms. The second-order valence-electron chi connectivity index (χ2n) is 5.77. The highest BCUT2D eigenvalue weighted by atomic mass is 35.5. The van der Waals surface area contributed by atoms with Crippen molar-refractivity contribution in [2.75, 3.05) is 6.54 Å². The SMILES string of the molecule is CCC(CC)(CN)C(=O)NCc1ccc(C(C)C)cc1.Cl. The lowest BCUT2D eigenvalue weighted by Crippen LogP contribution is -2.45. The van der Waals surface area contributed by atoms with E-state index in [0.717, 1.165) is 18.4 Å². The monoisotopic (exact) mass is 312 g/mol. The van der Waals surface area contributed by atoms with Crippen LogP contribution in [-0.2, 0) is 11.3 Å². The number of carbonyl (C=O) groups is 1. The van der Waals surface area contributed by atoms with Crippen LogP contribution in [-0.4, -0.2) is 12.5 Å². The van der Waals surface area contributed by atoms with Crippen LogP contribution in [0.2, 0.25) is 0 Å². The number of amides is 1. The van der Waals surface area contributed by atoms with Crippen molar-refractivity contribution in [1.29, 1.82) is 0 Å². The molecule has 0 unspecified atom stereocenters. The molecular weight excluding hydrogens is 284 g/mol. The maximum atomic E-state index is 12.3. The number of benzene rings is 1. The summed E-state index contributed by atoms with van der Waals surface area (Å²) in [6, 6.07) is 8.42. The van der Waals surface area contributed by atoms with Crippen molar-refractivity contribution in [3.8, 4) is 0 Å². The smallest absolute Gasteiger partial charge is 0.227 e. The van der Waals surface area contributed by atoms with Gasteiger partial charge in [-0.3, -0.25) is 4.79 Å². The van der Waals surface area contributed by atoms with Gasteiger partial charge < -0.3 is 11.1 Å². The van der Waals surface area contributed by atoms with Gasteiger partial charge in [0.05, 0.1) is 5.41 Å². The van der Waals surface area contributed by atoms with E-state index in [1.807, 2.05) is 13.8 Å². The van der Waals surface area contributed by atoms with Crippen molar-refractivity contribution in [2.24, 2.45) is 11.1 Å². The Kier molecular flexibility index (Phi) is 8.60. The highest BCUT2D eigenvalue weighted by Gasteiger charge is 2.32. The third kappa shape index (κ3) is 5.01. The first kappa shape index (κ1) is 19.9. The molecule has 0 aromatic heterocycles. The summed E-state index contributed by atoms with van der Waals surface area (Å²) >= 11 is 0. The number of carbonyl (C=O) groups excluding carboxylic acids is 1. The van der Waals surface area contributed by atoms with E-state index in [-0.39, 0.29) is 18.3 Å². The molecule has 0 aliphatic heterocycles. The topological polar surface area (TPSA) is 55.1 Å². The van der Waals surface area contributed by atoms with Gasteiger partial charge in [-0.1, -0.05) is 52.0 Å². The molecule has 1 aromatic rings. The Morgan fingerprint density at radius 1 is 1.19 bits per heavy atom. The fourth-order valence-electron chi connectivity index (χ4n) is 2.34. The fourth-order valence-corrected chi connectivity index (χ4v) is 2.34. The molecule has 0 bridgehead atoms. The molecule has 0 saturated carbocycles. The van der Waals surface area contributed by atoms with Crippen LogP contribution in [0.25, 0.3) is 0 Å². The Morgan fingerprint density at radius 3 is 2.10 bits per heavy atom. The van der Waals surface area contributed by atoms with Crippen LogP contribution in [0.1, 0.15) is 57.6 Å². The van der Waals surface area contributed by atoms with Crippen molar-refractivity contribution in [3.05, 3.63) is 35.4 Å². The minimum atomic E-state index is -0.419. The predicted octanol–water partition coefficient (Wildman–Crippen LogP) is 3.61. The molecule has 0 spiro atoms. The molecule has 3 N–H and O–H groups in total. The summed E-state index contributed by atoms with van der Waals surface area (Å²) in [6.45, 7) is 9.36. The first-order valence-electron chi connectivity index (χ1n) is 7.56. The normalized spacial score (nSPS) is 11.1. The number of rotatable bonds is 7. The van der Waals surface area contributed by atoms with Crippen LogP contribution in [0.15, 0.2) is 24.3 Å². The van der Waals surface area contributed by atoms with Gasteiger partial charge in [-0.25, -0.2) is 0 Å². The lowest BCUT2D eigenvalue weighted by Gasteiger charge is -2.28. The third-order valence-corrected chi connectivity index (χ3v) is 4.33. The summed E-state index contributed by atoms with van der Waals surface area (Å²) in [6.07, 6.45) is 1.55. The maximum Gasteiger partial charge on any atom is 0.227 e. The van der Waals surface area contributed by atoms with Gasteiger partial charge in [-0.2, -0.15) is 0 Å². The molecular formula is C17H29ClN2O. The van der Waals surface area contributed by atoms with E-state index in [0.29, 0.717) is 19.0 Å². The summed E-state index contributed by atoms with van der Waals surface area (Å²) in [5.74, 6) is 0.599. The molecule has 4 heteroatoms. The van der Waals surface area contributed by atoms with Crippen LogP contribution in [0.3, 0.4) is 0 Å². The molecule has 3 nitrogen and oxygen atoms in total. The third-order valence-electron chi connectivity index (χ3n) is 4.33. The second-order valence-corrected chi connectivity index (χ2v) is 5.77. The first-order valence-corrected chi connectivity index (χ1v) is 7.56. The van der Waals surface area contributed by atoms with Crippen molar-refractivity contribution >= 4 is 18.3 Å². The second kappa shape index (κ2) is 9.06. The standard InChI is InChI=1S/C17H28N2O.ClH/c1-5-17(6-2,12-18)16(20)19-11-14-7-9-15(10-8-14)13(3)4;/h7-10,13H,5-6,11-12,18H2,1-4H3,(H,19,20);1H. The van der Waals surface area contributed by atoms with Gasteiger partial charge >= 0.3 is 0 Å². The first-order chi connectivity index (χ1) is 9.49. The number of hydrogen-bond donors (Lipinski definition) is 2. The van der Waals surface area contributed by atoms with Gasteiger partial charge in [-0.05, 0) is 29.9 Å². The van der Waals surface area contributed by atoms with Crippen molar-refractivity contribution in [3.63, 3.8) is 0 Å². The molecule has 1 rings (SSSR count). The highest BCUT2D eigenvalue weighted by molar-refractivity contribution is 5.85. The average Bonchev–Trinajstić information content (AvgIpc) is 2.48. The summed E-state index contributed by atoms with van der Waals surface area (Å²) in [5, 5.41) is 3.02. The van der Waals surface area contributed by atoms with E-state index >= 15 is 0 Å². The lowest BCUT2D eigenvalue weighted by molar-refractivity contribution is -0.131. The van der Waals surface area contributed by atoms with Crippen LogP contribution < -0.4 is 11.1 Å². The Bertz CT molecular complexity index is 417. The summed E-state index contributed by atoms with van der Waals surface area (Å²) in [7, 11) is 0. The van der Waals surface area contributed by atoms with Crippen LogP contribution in [0.4, 0.5) is 0 Å². The highest BCUT2D eigenvalue weighted by Crippen LogP contribution is 2.25. The van der Waals surface area contributed by atoms with E-state index < -0.39 is 5.41 Å². The van der Waals surface area contributed by atoms with Crippen LogP contribution >= 0.6 is 12.4 Å². The maximum absolute atomic E-state index is 12.3. The van der Waals surface area contributed by atoms with Gasteiger partial charge in [0, 0.05) is 13.1 Å². The van der Waals surface area contributed by atoms with Crippen molar-refractivity contribution in [1.82, 2.24) is 5.32 Å². The van der Waals surface area contributed by atoms with E-state index in [2.05, 4.69) is 43.4 Å². The van der Waals surface area contributed by atoms with Gasteiger partial charge in [-0.15, -0.1) is 12.4 Å². The van der Waals surface area contributed by atoms with Crippen molar-refractivity contribution in [2.45, 2.75) is 53.0 Å². The minimum absolute atomic E-state index is 0. The average molecular weight is 313 g/mol. The van der Waals surface area contributed by atoms with Gasteiger partial charge in [0.1, 0.15) is 0 Å². The van der Waals surface area contributed by atoms with E-state index in [1.54, 1.807) is 0 Å². The zero-order valence-electron chi connectivity index (χ0n) is 13.6. The molecule has 0 radical (unpaired) electrons. The molecule has 1 amide bonds. The Balaban J connectivity index is 0.00000400. The summed E-state index contributed by atoms with van der Waals surface area (Å²) in [4.78, 5) is 12.3. The number of nitrogens with one attached hydrogen (secondary N) is 1. The van der Waals surface area contributed by atoms with Crippen molar-refractivity contribution < 1.29 is 4.79 Å². The number of hydrogen-bond acceptors (Lipinski definition) is 2. The molecule has 120 valence electrons. The summed E-state index contributed by atoms with van der Waals surface area (Å²) in [5.41, 5.74) is 7.82. The number of nitrogens with two attached hydrogens (primary N) is 1. The van der Waals surface area contributed by atoms with Gasteiger partial charge in [0.25, 0.3) is 0 Å². The Labute approximate surface area is 135 Å². The lowest BCUT2D eigenvalue weighted by atomic mass is 9.81. The largest absolute Gasteiger partial charge is 0.352 e. The Hall–Kier alpha value is -1.06. The van der Waals surface area contributed by atoms with E-state index in [4.69, 9.17) is 5.73 Å². The minimum Gasteiger partial charge on any atom is -0.352 e. The predicted molar refractivity (Wildman–Crippen MR) is 91.7 cm³/mol. The van der Waals surface area contributed by atoms with Gasteiger partial charge in [0.2, 0.25) is 5.91 Å². The zero-order valence-corrected chi connectivity index (χ0v) is 14.4. The molecule has 0 saturated heterocycles. The quantitative estimate of drug-likeness (QED) is 0.808. The summed E-state index contributed by atoms with van der Waals surface area (Å²) < 4.78 is 0. The number of halogens is 1. The molecule has 0 atom stereocenters. The van der Waals surface area contributed by atoms with E-state index in [1.165, 1.54) is 5.56 Å². The van der Waals surface area contributed by atoms with Crippen LogP contribution in [0, 0.1) is 5.41 Å². The molecule has 0 heterocycles. The molecule has 0 aliphatic carbocycles. The molecule has 0 fully saturated rings. The zero-order chi connectivity index (χ0) is 15.2. The van der Waals surface area contributed by atoms with E-state index in [9.17, 15) is 4.79 Å². The fraction of sp³-hybridized carbons (Fsp3) is 0.588.